The van der Waals surface area contributed by atoms with Gasteiger partial charge in [-0.3, -0.25) is 4.79 Å². The number of benzene rings is 1. The highest BCUT2D eigenvalue weighted by atomic mass is 79.9. The third-order valence-corrected chi connectivity index (χ3v) is 9.00. The lowest BCUT2D eigenvalue weighted by atomic mass is 9.96. The first kappa shape index (κ1) is 21.5. The van der Waals surface area contributed by atoms with E-state index in [0.717, 1.165) is 22.3 Å². The van der Waals surface area contributed by atoms with Crippen LogP contribution in [0.4, 0.5) is 5.69 Å². The second kappa shape index (κ2) is 9.52. The fourth-order valence-electron chi connectivity index (χ4n) is 3.42. The number of carbonyl (C=O) groups excluding carboxylic acids is 1. The molecule has 2 aromatic rings. The van der Waals surface area contributed by atoms with Crippen molar-refractivity contribution < 1.29 is 13.2 Å². The molecule has 28 heavy (non-hydrogen) atoms. The minimum absolute atomic E-state index is 0.107. The first-order valence-corrected chi connectivity index (χ1v) is 12.6. The third kappa shape index (κ3) is 4.84. The molecule has 0 N–H and O–H groups in total. The van der Waals surface area contributed by atoms with Gasteiger partial charge in [0.05, 0.1) is 3.79 Å². The molecule has 0 spiro atoms. The van der Waals surface area contributed by atoms with Gasteiger partial charge in [-0.05, 0) is 59.5 Å². The number of hydrogen-bond donors (Lipinski definition) is 0. The molecule has 8 heteroatoms. The zero-order valence-corrected chi connectivity index (χ0v) is 19.1. The van der Waals surface area contributed by atoms with Crippen molar-refractivity contribution in [3.63, 3.8) is 0 Å². The molecule has 1 aliphatic heterocycles. The van der Waals surface area contributed by atoms with Gasteiger partial charge < -0.3 is 4.90 Å². The maximum Gasteiger partial charge on any atom is 0.252 e. The van der Waals surface area contributed by atoms with Crippen LogP contribution < -0.4 is 4.90 Å². The molecule has 2 heterocycles. The van der Waals surface area contributed by atoms with Crippen LogP contribution in [0.1, 0.15) is 32.6 Å². The van der Waals surface area contributed by atoms with Crippen LogP contribution in [0.5, 0.6) is 0 Å². The molecule has 1 aromatic heterocycles. The van der Waals surface area contributed by atoms with Gasteiger partial charge in [0.1, 0.15) is 4.21 Å². The molecule has 0 unspecified atom stereocenters. The number of nitrogens with zero attached hydrogens (tertiary/aromatic N) is 2. The van der Waals surface area contributed by atoms with Crippen LogP contribution >= 0.6 is 27.3 Å². The van der Waals surface area contributed by atoms with E-state index in [9.17, 15) is 13.2 Å². The molecule has 1 amide bonds. The van der Waals surface area contributed by atoms with Gasteiger partial charge in [-0.25, -0.2) is 8.42 Å². The minimum Gasteiger partial charge on any atom is -0.312 e. The number of unbranched alkanes of at least 4 members (excludes halogenated alkanes) is 1. The van der Waals surface area contributed by atoms with Crippen molar-refractivity contribution in [3.05, 3.63) is 46.3 Å². The van der Waals surface area contributed by atoms with Gasteiger partial charge in [-0.15, -0.1) is 11.3 Å². The van der Waals surface area contributed by atoms with E-state index >= 15 is 0 Å². The van der Waals surface area contributed by atoms with E-state index in [0.29, 0.717) is 36.7 Å². The summed E-state index contributed by atoms with van der Waals surface area (Å²) in [6.45, 7) is 3.57. The summed E-state index contributed by atoms with van der Waals surface area (Å²) in [6.07, 6.45) is 3.07. The van der Waals surface area contributed by atoms with Crippen molar-refractivity contribution >= 4 is 48.9 Å². The molecule has 0 saturated carbocycles. The average Bonchev–Trinajstić information content (AvgIpc) is 3.16. The smallest absolute Gasteiger partial charge is 0.252 e. The van der Waals surface area contributed by atoms with Crippen molar-refractivity contribution in [2.45, 2.75) is 36.8 Å². The molecule has 1 aromatic carbocycles. The van der Waals surface area contributed by atoms with E-state index in [-0.39, 0.29) is 11.8 Å². The number of para-hydroxylation sites is 1. The number of carbonyl (C=O) groups is 1. The summed E-state index contributed by atoms with van der Waals surface area (Å²) in [5.74, 6) is -0.0332. The predicted octanol–water partition coefficient (Wildman–Crippen LogP) is 4.74. The Hall–Kier alpha value is -1.22. The number of thiophene rings is 1. The molecule has 152 valence electrons. The minimum atomic E-state index is -3.48. The molecule has 0 aliphatic carbocycles. The van der Waals surface area contributed by atoms with Crippen LogP contribution in [-0.2, 0) is 14.8 Å². The largest absolute Gasteiger partial charge is 0.312 e. The Morgan fingerprint density at radius 3 is 2.43 bits per heavy atom. The van der Waals surface area contributed by atoms with Crippen molar-refractivity contribution in [1.82, 2.24) is 4.31 Å². The zero-order valence-electron chi connectivity index (χ0n) is 15.9. The summed E-state index contributed by atoms with van der Waals surface area (Å²) in [4.78, 5) is 15.1. The fourth-order valence-corrected chi connectivity index (χ4v) is 7.05. The first-order valence-electron chi connectivity index (χ1n) is 9.55. The molecule has 0 radical (unpaired) electrons. The van der Waals surface area contributed by atoms with Gasteiger partial charge in [-0.1, -0.05) is 31.5 Å². The number of sulfonamides is 1. The maximum atomic E-state index is 13.2. The molecule has 0 atom stereocenters. The van der Waals surface area contributed by atoms with E-state index in [1.807, 2.05) is 35.2 Å². The van der Waals surface area contributed by atoms with Crippen molar-refractivity contribution in [3.8, 4) is 0 Å². The molecular formula is C20H25BrN2O3S2. The van der Waals surface area contributed by atoms with E-state index in [2.05, 4.69) is 22.9 Å². The van der Waals surface area contributed by atoms with Crippen LogP contribution in [0.2, 0.25) is 0 Å². The van der Waals surface area contributed by atoms with Gasteiger partial charge in [0, 0.05) is 31.2 Å². The number of amides is 1. The number of anilines is 1. The summed E-state index contributed by atoms with van der Waals surface area (Å²) >= 11 is 4.54. The van der Waals surface area contributed by atoms with E-state index in [1.165, 1.54) is 15.6 Å². The number of piperidine rings is 1. The molecule has 1 saturated heterocycles. The quantitative estimate of drug-likeness (QED) is 0.569. The molecule has 1 aliphatic rings. The Kier molecular flexibility index (Phi) is 7.31. The van der Waals surface area contributed by atoms with Crippen LogP contribution in [0, 0.1) is 5.92 Å². The van der Waals surface area contributed by atoms with Gasteiger partial charge in [0.15, 0.2) is 0 Å². The topological polar surface area (TPSA) is 57.7 Å². The van der Waals surface area contributed by atoms with E-state index in [4.69, 9.17) is 0 Å². The van der Waals surface area contributed by atoms with Gasteiger partial charge in [-0.2, -0.15) is 4.31 Å². The highest BCUT2D eigenvalue weighted by Crippen LogP contribution is 2.31. The molecule has 1 fully saturated rings. The molecular weight excluding hydrogens is 460 g/mol. The predicted molar refractivity (Wildman–Crippen MR) is 117 cm³/mol. The standard InChI is InChI=1S/C20H25BrN2O3S2/c1-2-3-13-23(17-7-5-4-6-8-17)20(24)16-11-14-22(15-12-16)28(25,26)19-10-9-18(21)27-19/h4-10,16H,2-3,11-15H2,1H3. The van der Waals surface area contributed by atoms with Crippen LogP contribution in [0.3, 0.4) is 0 Å². The Balaban J connectivity index is 1.68. The van der Waals surface area contributed by atoms with Crippen molar-refractivity contribution in [2.24, 2.45) is 5.92 Å². The Morgan fingerprint density at radius 1 is 1.18 bits per heavy atom. The molecule has 5 nitrogen and oxygen atoms in total. The number of hydrogen-bond acceptors (Lipinski definition) is 4. The lowest BCUT2D eigenvalue weighted by Gasteiger charge is -2.33. The maximum absolute atomic E-state index is 13.2. The SMILES string of the molecule is CCCCN(C(=O)C1CCN(S(=O)(=O)c2ccc(Br)s2)CC1)c1ccccc1. The van der Waals surface area contributed by atoms with Crippen molar-refractivity contribution in [1.29, 1.82) is 0 Å². The fraction of sp³-hybridized carbons (Fsp3) is 0.450. The molecule has 0 bridgehead atoms. The highest BCUT2D eigenvalue weighted by Gasteiger charge is 2.34. The van der Waals surface area contributed by atoms with E-state index in [1.54, 1.807) is 12.1 Å². The monoisotopic (exact) mass is 484 g/mol. The third-order valence-electron chi connectivity index (χ3n) is 5.02. The summed E-state index contributed by atoms with van der Waals surface area (Å²) in [5.41, 5.74) is 0.916. The summed E-state index contributed by atoms with van der Waals surface area (Å²) < 4.78 is 28.2. The lowest BCUT2D eigenvalue weighted by Crippen LogP contribution is -2.44. The second-order valence-corrected chi connectivity index (χ2v) is 11.5. The number of halogens is 1. The lowest BCUT2D eigenvalue weighted by molar-refractivity contribution is -0.123. The number of rotatable bonds is 7. The van der Waals surface area contributed by atoms with Gasteiger partial charge >= 0.3 is 0 Å². The van der Waals surface area contributed by atoms with E-state index < -0.39 is 10.0 Å². The highest BCUT2D eigenvalue weighted by molar-refractivity contribution is 9.11. The van der Waals surface area contributed by atoms with Crippen LogP contribution in [-0.4, -0.2) is 38.3 Å². The van der Waals surface area contributed by atoms with Crippen LogP contribution in [0.15, 0.2) is 50.5 Å². The zero-order chi connectivity index (χ0) is 20.1. The Labute approximate surface area is 179 Å². The second-order valence-electron chi connectivity index (χ2n) is 6.92. The van der Waals surface area contributed by atoms with Gasteiger partial charge in [0.25, 0.3) is 10.0 Å². The van der Waals surface area contributed by atoms with Crippen molar-refractivity contribution in [2.75, 3.05) is 24.5 Å². The molecule has 3 rings (SSSR count). The average molecular weight is 485 g/mol. The summed E-state index contributed by atoms with van der Waals surface area (Å²) in [5, 5.41) is 0. The Morgan fingerprint density at radius 2 is 1.86 bits per heavy atom. The normalized spacial score (nSPS) is 16.2. The summed E-state index contributed by atoms with van der Waals surface area (Å²) in [7, 11) is -3.48. The van der Waals surface area contributed by atoms with Gasteiger partial charge in [0.2, 0.25) is 5.91 Å². The summed E-state index contributed by atoms with van der Waals surface area (Å²) in [6, 6.07) is 13.1. The first-order chi connectivity index (χ1) is 13.4. The Bertz CT molecular complexity index is 891. The van der Waals surface area contributed by atoms with Crippen LogP contribution in [0.25, 0.3) is 0 Å².